The van der Waals surface area contributed by atoms with Crippen LogP contribution in [-0.2, 0) is 6.54 Å². The van der Waals surface area contributed by atoms with Crippen LogP contribution in [0.5, 0.6) is 0 Å². The molecule has 3 rings (SSSR count). The van der Waals surface area contributed by atoms with E-state index in [9.17, 15) is 9.90 Å². The molecule has 1 aliphatic carbocycles. The molecule has 0 aliphatic heterocycles. The number of aromatic nitrogens is 2. The van der Waals surface area contributed by atoms with Crippen LogP contribution in [0.3, 0.4) is 0 Å². The maximum atomic E-state index is 12.5. The van der Waals surface area contributed by atoms with Gasteiger partial charge in [-0.05, 0) is 25.3 Å². The molecule has 1 aliphatic rings. The summed E-state index contributed by atoms with van der Waals surface area (Å²) < 4.78 is 1.84. The van der Waals surface area contributed by atoms with Crippen LogP contribution in [0.4, 0.5) is 0 Å². The minimum absolute atomic E-state index is 0.158. The van der Waals surface area contributed by atoms with E-state index in [1.165, 1.54) is 12.8 Å². The van der Waals surface area contributed by atoms with Crippen LogP contribution in [0.2, 0.25) is 0 Å². The molecule has 2 N–H and O–H groups in total. The molecule has 134 valence electrons. The molecule has 0 atom stereocenters. The molecule has 5 nitrogen and oxygen atoms in total. The Balaban J connectivity index is 1.62. The van der Waals surface area contributed by atoms with Gasteiger partial charge in [0.15, 0.2) is 0 Å². The van der Waals surface area contributed by atoms with Gasteiger partial charge in [-0.2, -0.15) is 5.10 Å². The average molecular weight is 341 g/mol. The van der Waals surface area contributed by atoms with Gasteiger partial charge in [-0.15, -0.1) is 0 Å². The number of aliphatic hydroxyl groups is 1. The van der Waals surface area contributed by atoms with Crippen molar-refractivity contribution in [3.8, 4) is 0 Å². The zero-order valence-corrected chi connectivity index (χ0v) is 14.9. The summed E-state index contributed by atoms with van der Waals surface area (Å²) in [6, 6.07) is 10.1. The lowest BCUT2D eigenvalue weighted by molar-refractivity contribution is 0.0246. The van der Waals surface area contributed by atoms with E-state index >= 15 is 0 Å². The van der Waals surface area contributed by atoms with Crippen LogP contribution in [0.25, 0.3) is 0 Å². The Morgan fingerprint density at radius 2 is 1.88 bits per heavy atom. The average Bonchev–Trinajstić information content (AvgIpc) is 2.83. The summed E-state index contributed by atoms with van der Waals surface area (Å²) in [7, 11) is 0. The topological polar surface area (TPSA) is 67.2 Å². The van der Waals surface area contributed by atoms with E-state index in [0.717, 1.165) is 36.9 Å². The minimum atomic E-state index is -0.764. The molecule has 25 heavy (non-hydrogen) atoms. The van der Waals surface area contributed by atoms with Crippen LogP contribution in [0, 0.1) is 6.92 Å². The Morgan fingerprint density at radius 1 is 1.20 bits per heavy atom. The van der Waals surface area contributed by atoms with Crippen LogP contribution in [0.1, 0.15) is 60.1 Å². The number of nitrogens with zero attached hydrogens (tertiary/aromatic N) is 2. The van der Waals surface area contributed by atoms with E-state index in [0.29, 0.717) is 18.7 Å². The van der Waals surface area contributed by atoms with Gasteiger partial charge in [-0.1, -0.05) is 56.0 Å². The molecule has 0 bridgehead atoms. The van der Waals surface area contributed by atoms with Gasteiger partial charge in [-0.25, -0.2) is 0 Å². The first-order valence-electron chi connectivity index (χ1n) is 9.14. The van der Waals surface area contributed by atoms with Crippen molar-refractivity contribution in [2.45, 2.75) is 57.6 Å². The molecule has 0 spiro atoms. The highest BCUT2D eigenvalue weighted by Gasteiger charge is 2.29. The predicted molar refractivity (Wildman–Crippen MR) is 97.5 cm³/mol. The zero-order valence-electron chi connectivity index (χ0n) is 14.9. The Bertz CT molecular complexity index is 701. The molecule has 1 amide bonds. The first-order valence-corrected chi connectivity index (χ1v) is 9.14. The summed E-state index contributed by atoms with van der Waals surface area (Å²) in [4.78, 5) is 12.5. The standard InChI is InChI=1S/C20H27N3O2/c1-16-18(13-22-23(16)14-17-9-5-4-6-10-17)19(24)21-15-20(25)11-7-2-3-8-12-20/h4-6,9-10,13,25H,2-3,7-8,11-12,14-15H2,1H3,(H,21,24). The molecule has 0 radical (unpaired) electrons. The second-order valence-electron chi connectivity index (χ2n) is 7.11. The normalized spacial score (nSPS) is 17.0. The minimum Gasteiger partial charge on any atom is -0.388 e. The Labute approximate surface area is 149 Å². The largest absolute Gasteiger partial charge is 0.388 e. The third kappa shape index (κ3) is 4.48. The molecule has 5 heteroatoms. The number of hydrogen-bond acceptors (Lipinski definition) is 3. The number of amides is 1. The lowest BCUT2D eigenvalue weighted by Gasteiger charge is -2.26. The van der Waals surface area contributed by atoms with E-state index < -0.39 is 5.60 Å². The van der Waals surface area contributed by atoms with Gasteiger partial charge in [-0.3, -0.25) is 9.48 Å². The maximum absolute atomic E-state index is 12.5. The smallest absolute Gasteiger partial charge is 0.254 e. The van der Waals surface area contributed by atoms with E-state index in [2.05, 4.69) is 10.4 Å². The molecule has 1 aromatic heterocycles. The highest BCUT2D eigenvalue weighted by Crippen LogP contribution is 2.26. The SMILES string of the molecule is Cc1c(C(=O)NCC2(O)CCCCCC2)cnn1Cc1ccccc1. The van der Waals surface area contributed by atoms with Gasteiger partial charge >= 0.3 is 0 Å². The fourth-order valence-electron chi connectivity index (χ4n) is 3.49. The van der Waals surface area contributed by atoms with Crippen LogP contribution in [0.15, 0.2) is 36.5 Å². The van der Waals surface area contributed by atoms with Gasteiger partial charge in [0, 0.05) is 12.2 Å². The van der Waals surface area contributed by atoms with Gasteiger partial charge < -0.3 is 10.4 Å². The summed E-state index contributed by atoms with van der Waals surface area (Å²) in [5.74, 6) is -0.158. The summed E-state index contributed by atoms with van der Waals surface area (Å²) >= 11 is 0. The van der Waals surface area contributed by atoms with Crippen molar-refractivity contribution >= 4 is 5.91 Å². The van der Waals surface area contributed by atoms with Crippen LogP contribution in [-0.4, -0.2) is 32.9 Å². The number of benzene rings is 1. The van der Waals surface area contributed by atoms with Crippen LogP contribution >= 0.6 is 0 Å². The van der Waals surface area contributed by atoms with E-state index in [1.807, 2.05) is 41.9 Å². The fourth-order valence-corrected chi connectivity index (χ4v) is 3.49. The lowest BCUT2D eigenvalue weighted by atomic mass is 9.94. The first kappa shape index (κ1) is 17.7. The van der Waals surface area contributed by atoms with E-state index in [4.69, 9.17) is 0 Å². The molecule has 1 heterocycles. The van der Waals surface area contributed by atoms with Crippen LogP contribution < -0.4 is 5.32 Å². The predicted octanol–water partition coefficient (Wildman–Crippen LogP) is 3.05. The highest BCUT2D eigenvalue weighted by atomic mass is 16.3. The van der Waals surface area contributed by atoms with Crippen molar-refractivity contribution in [3.63, 3.8) is 0 Å². The van der Waals surface area contributed by atoms with Gasteiger partial charge in [0.1, 0.15) is 0 Å². The van der Waals surface area contributed by atoms with Gasteiger partial charge in [0.05, 0.1) is 23.9 Å². The third-order valence-corrected chi connectivity index (χ3v) is 5.14. The Morgan fingerprint density at radius 3 is 2.56 bits per heavy atom. The first-order chi connectivity index (χ1) is 12.1. The molecule has 1 fully saturated rings. The second kappa shape index (κ2) is 7.83. The van der Waals surface area contributed by atoms with Gasteiger partial charge in [0.25, 0.3) is 5.91 Å². The quantitative estimate of drug-likeness (QED) is 0.822. The van der Waals surface area contributed by atoms with Crippen molar-refractivity contribution in [3.05, 3.63) is 53.3 Å². The summed E-state index contributed by atoms with van der Waals surface area (Å²) in [6.07, 6.45) is 7.54. The fraction of sp³-hybridized carbons (Fsp3) is 0.500. The molecule has 1 saturated carbocycles. The Hall–Kier alpha value is -2.14. The van der Waals surface area contributed by atoms with Crippen molar-refractivity contribution in [1.82, 2.24) is 15.1 Å². The second-order valence-corrected chi connectivity index (χ2v) is 7.11. The number of hydrogen-bond donors (Lipinski definition) is 2. The number of nitrogens with one attached hydrogen (secondary N) is 1. The third-order valence-electron chi connectivity index (χ3n) is 5.14. The molecule has 2 aromatic rings. The molecular formula is C20H27N3O2. The highest BCUT2D eigenvalue weighted by molar-refractivity contribution is 5.95. The van der Waals surface area contributed by atoms with Gasteiger partial charge in [0.2, 0.25) is 0 Å². The molecular weight excluding hydrogens is 314 g/mol. The lowest BCUT2D eigenvalue weighted by Crippen LogP contribution is -2.42. The maximum Gasteiger partial charge on any atom is 0.254 e. The summed E-state index contributed by atoms with van der Waals surface area (Å²) in [5, 5.41) is 17.9. The zero-order chi connectivity index (χ0) is 17.7. The molecule has 0 saturated heterocycles. The van der Waals surface area contributed by atoms with Crippen molar-refractivity contribution in [2.24, 2.45) is 0 Å². The monoisotopic (exact) mass is 341 g/mol. The van der Waals surface area contributed by atoms with Crippen molar-refractivity contribution in [2.75, 3.05) is 6.54 Å². The van der Waals surface area contributed by atoms with E-state index in [1.54, 1.807) is 6.20 Å². The van der Waals surface area contributed by atoms with Crippen molar-refractivity contribution in [1.29, 1.82) is 0 Å². The number of rotatable bonds is 5. The molecule has 1 aromatic carbocycles. The molecule has 0 unspecified atom stereocenters. The number of carbonyl (C=O) groups excluding carboxylic acids is 1. The Kier molecular flexibility index (Phi) is 5.53. The summed E-state index contributed by atoms with van der Waals surface area (Å²) in [5.41, 5.74) is 1.80. The van der Waals surface area contributed by atoms with Crippen molar-refractivity contribution < 1.29 is 9.90 Å². The van der Waals surface area contributed by atoms with E-state index in [-0.39, 0.29) is 5.91 Å². The summed E-state index contributed by atoms with van der Waals surface area (Å²) in [6.45, 7) is 2.87. The number of carbonyl (C=O) groups is 1.